The smallest absolute Gasteiger partial charge is 0.497 e. The summed E-state index contributed by atoms with van der Waals surface area (Å²) in [5.41, 5.74) is -2.56. The lowest BCUT2D eigenvalue weighted by atomic mass is 10.1. The third-order valence-electron chi connectivity index (χ3n) is 17.5. The fourth-order valence-electron chi connectivity index (χ4n) is 7.97. The van der Waals surface area contributed by atoms with Crippen LogP contribution in [-0.4, -0.2) is 148 Å². The van der Waals surface area contributed by atoms with Crippen molar-refractivity contribution in [1.29, 1.82) is 0 Å². The number of fused-ring (bicyclic) bond motifs is 1. The number of methoxy groups -OCH3 is 1. The Bertz CT molecular complexity index is 5490. The Morgan fingerprint density at radius 1 is 0.342 bits per heavy atom. The minimum absolute atomic E-state index is 0.0699. The monoisotopic (exact) mass is 1860 g/mol. The first-order chi connectivity index (χ1) is 53.2. The van der Waals surface area contributed by atoms with E-state index in [0.29, 0.717) is 20.4 Å². The normalized spacial score (nSPS) is 13.1. The molecular weight excluding hydrogens is 1730 g/mol. The molecule has 682 valence electrons. The number of hydrogen-bond acceptors (Lipinski definition) is 21. The summed E-state index contributed by atoms with van der Waals surface area (Å²) in [6.07, 6.45) is 2.96. The van der Waals surface area contributed by atoms with Crippen LogP contribution in [0.15, 0.2) is 196 Å². The summed E-state index contributed by atoms with van der Waals surface area (Å²) in [5.74, 6) is 1.25. The highest BCUT2D eigenvalue weighted by Gasteiger charge is 2.53. The van der Waals surface area contributed by atoms with Gasteiger partial charge in [0.15, 0.2) is 78.7 Å². The third-order valence-corrected chi connectivity index (χ3v) is 39.8. The topological polar surface area (TPSA) is 360 Å². The van der Waals surface area contributed by atoms with Gasteiger partial charge in [-0.05, 0) is 283 Å². The number of rotatable bonds is 13. The quantitative estimate of drug-likeness (QED) is 0.0764. The Labute approximate surface area is 718 Å². The number of nitro groups is 1. The summed E-state index contributed by atoms with van der Waals surface area (Å²) >= 11 is 0. The molecule has 7 aromatic carbocycles. The van der Waals surface area contributed by atoms with Crippen LogP contribution in [0.25, 0.3) is 10.8 Å². The molecule has 0 atom stereocenters. The van der Waals surface area contributed by atoms with E-state index in [-0.39, 0.29) is 22.1 Å². The maximum absolute atomic E-state index is 12.3. The molecule has 120 heavy (non-hydrogen) atoms. The lowest BCUT2D eigenvalue weighted by molar-refractivity contribution is -0.384. The molecule has 0 aromatic heterocycles. The summed E-state index contributed by atoms with van der Waals surface area (Å²) in [6.45, 7) is 47.7. The molecule has 0 fully saturated rings. The predicted octanol–water partition coefficient (Wildman–Crippen LogP) is 19.8. The van der Waals surface area contributed by atoms with Gasteiger partial charge in [-0.15, -0.1) is 0 Å². The Morgan fingerprint density at radius 3 is 0.917 bits per heavy atom. The summed E-state index contributed by atoms with van der Waals surface area (Å²) in [5, 5.41) is 12.4. The number of aryl methyl sites for hydroxylation is 1. The fraction of sp³-hybridized carbons (Fsp3) is 0.535. The number of non-ortho nitro benzene ring substituents is 1. The molecule has 0 amide bonds. The van der Waals surface area contributed by atoms with E-state index in [1.165, 1.54) is 30.5 Å². The van der Waals surface area contributed by atoms with Crippen LogP contribution in [0.4, 0.5) is 18.9 Å². The predicted molar refractivity (Wildman–Crippen MR) is 484 cm³/mol. The zero-order valence-electron chi connectivity index (χ0n) is 75.6. The first-order valence-electron chi connectivity index (χ1n) is 37.9. The lowest BCUT2D eigenvalue weighted by Gasteiger charge is -2.20. The number of ether oxygens (including phenoxy) is 1. The molecule has 0 aliphatic heterocycles. The molecule has 0 bridgehead atoms. The van der Waals surface area contributed by atoms with E-state index in [1.807, 2.05) is 92.7 Å². The van der Waals surface area contributed by atoms with Gasteiger partial charge < -0.3 is 4.74 Å². The molecule has 34 heteroatoms. The highest BCUT2D eigenvalue weighted by Crippen LogP contribution is 2.34. The summed E-state index contributed by atoms with van der Waals surface area (Å²) in [4.78, 5) is 11.1. The van der Waals surface area contributed by atoms with Crippen LogP contribution in [0.2, 0.25) is 0 Å². The van der Waals surface area contributed by atoms with Crippen molar-refractivity contribution in [3.05, 3.63) is 203 Å². The maximum atomic E-state index is 12.3. The number of halogens is 3. The van der Waals surface area contributed by atoms with Crippen molar-refractivity contribution in [2.45, 2.75) is 293 Å². The van der Waals surface area contributed by atoms with E-state index in [0.717, 1.165) is 66.8 Å². The molecule has 0 spiro atoms. The van der Waals surface area contributed by atoms with Crippen LogP contribution >= 0.6 is 0 Å². The lowest BCUT2D eigenvalue weighted by Crippen LogP contribution is -2.39. The molecule has 7 rings (SSSR count). The van der Waals surface area contributed by atoms with Gasteiger partial charge in [0.05, 0.1) is 91.6 Å². The van der Waals surface area contributed by atoms with Crippen LogP contribution < -0.4 is 4.74 Å². The van der Waals surface area contributed by atoms with Gasteiger partial charge in [0, 0.05) is 18.4 Å². The van der Waals surface area contributed by atoms with Crippen molar-refractivity contribution in [3.8, 4) is 5.75 Å². The van der Waals surface area contributed by atoms with E-state index in [4.69, 9.17) is 4.74 Å². The average Bonchev–Trinajstić information content (AvgIpc) is 0.783. The molecule has 0 heterocycles. The van der Waals surface area contributed by atoms with Crippen molar-refractivity contribution in [2.75, 3.05) is 19.1 Å². The molecule has 22 nitrogen and oxygen atoms in total. The van der Waals surface area contributed by atoms with Crippen LogP contribution in [0.5, 0.6) is 5.75 Å². The number of nitro benzene ring substituents is 1. The second-order valence-electron chi connectivity index (χ2n) is 36.7. The zero-order chi connectivity index (χ0) is 95.2. The number of nitrogens with zero attached hydrogens (tertiary/aromatic N) is 1. The van der Waals surface area contributed by atoms with Crippen molar-refractivity contribution in [2.24, 2.45) is 0 Å². The highest BCUT2D eigenvalue weighted by molar-refractivity contribution is 7.95. The number of benzene rings is 7. The van der Waals surface area contributed by atoms with Gasteiger partial charge in [0.1, 0.15) is 5.75 Å². The van der Waals surface area contributed by atoms with Crippen LogP contribution in [0, 0.1) is 17.0 Å². The van der Waals surface area contributed by atoms with Gasteiger partial charge >= 0.3 is 5.51 Å². The van der Waals surface area contributed by atoms with Gasteiger partial charge in [-0.1, -0.05) is 122 Å². The summed E-state index contributed by atoms with van der Waals surface area (Å²) < 4.78 is 242. The van der Waals surface area contributed by atoms with Crippen molar-refractivity contribution in [3.63, 3.8) is 0 Å². The molecule has 0 unspecified atom stereocenters. The molecule has 0 saturated carbocycles. The van der Waals surface area contributed by atoms with Gasteiger partial charge in [-0.2, -0.15) is 13.2 Å². The molecule has 0 aliphatic carbocycles. The van der Waals surface area contributed by atoms with E-state index >= 15 is 0 Å². The Morgan fingerprint density at radius 2 is 0.633 bits per heavy atom. The number of hydrogen-bond donors (Lipinski definition) is 0. The van der Waals surface area contributed by atoms with E-state index < -0.39 is 142 Å². The van der Waals surface area contributed by atoms with Crippen molar-refractivity contribution >= 4 is 105 Å². The van der Waals surface area contributed by atoms with Crippen molar-refractivity contribution < 1.29 is 98.6 Å². The molecule has 0 radical (unpaired) electrons. The highest BCUT2D eigenvalue weighted by atomic mass is 32.2. The largest absolute Gasteiger partial charge is 0.497 e. The minimum Gasteiger partial charge on any atom is -0.497 e. The van der Waals surface area contributed by atoms with E-state index in [9.17, 15) is 99.0 Å². The Hall–Kier alpha value is -6.66. The summed E-state index contributed by atoms with van der Waals surface area (Å²) in [7, 11) is -28.4. The second kappa shape index (κ2) is 43.8. The van der Waals surface area contributed by atoms with E-state index in [1.54, 1.807) is 246 Å². The molecule has 0 N–H and O–H groups in total. The summed E-state index contributed by atoms with van der Waals surface area (Å²) in [6, 6.07) is 49.8. The Kier molecular flexibility index (Phi) is 42.1. The van der Waals surface area contributed by atoms with Gasteiger partial charge in [0.25, 0.3) is 15.5 Å². The first kappa shape index (κ1) is 115. The van der Waals surface area contributed by atoms with Crippen LogP contribution in [0.1, 0.15) is 223 Å². The SMILES string of the molecule is CC(C)(C)S(=O)(=O)C(F)(F)F.CC(C)(C)S(=O)(=O)Cc1ccccc1.CC(C)(C)S(=O)(=O)c1ccc([N+](=O)[O-])cc1.CC(C)(C)S(=O)(=O)c1ccc2ccccc2c1.CC(C)(C)S(=O)(=O)c1ccccc1.CC(C)(C)S(C)(=O)=O.CCCCS(=O)(=O)C(C)(C)C.COc1ccc(CS(=O)(=O)C(C)(C)C)cc1.Cc1ccc(S(=O)(=O)C(C)(C)C)cc1. The van der Waals surface area contributed by atoms with Crippen molar-refractivity contribution in [1.82, 2.24) is 0 Å². The van der Waals surface area contributed by atoms with Crippen LogP contribution in [0.3, 0.4) is 0 Å². The second-order valence-corrected chi connectivity index (χ2v) is 61.3. The fourth-order valence-corrected chi connectivity index (χ4v) is 16.9. The van der Waals surface area contributed by atoms with E-state index in [2.05, 4.69) is 0 Å². The van der Waals surface area contributed by atoms with Gasteiger partial charge in [-0.25, -0.2) is 75.8 Å². The minimum atomic E-state index is -5.15. The molecule has 7 aromatic rings. The molecule has 0 saturated heterocycles. The van der Waals surface area contributed by atoms with Gasteiger partial charge in [0.2, 0.25) is 0 Å². The first-order valence-corrected chi connectivity index (χ1v) is 52.2. The molecular formula is C86H132F3NO21S9. The number of sulfone groups is 9. The zero-order valence-corrected chi connectivity index (χ0v) is 83.0. The van der Waals surface area contributed by atoms with Crippen LogP contribution in [-0.2, 0) is 100 Å². The number of alkyl halides is 3. The average molecular weight is 1860 g/mol. The maximum Gasteiger partial charge on any atom is 0.497 e. The third kappa shape index (κ3) is 35.9. The Balaban J connectivity index is 0. The van der Waals surface area contributed by atoms with Gasteiger partial charge in [-0.3, -0.25) is 10.1 Å². The number of unbranched alkanes of at least 4 members (excludes halogenated alkanes) is 1. The standard InChI is InChI=1S/C14H16O2S.C12H18O3S.2C11H16O2S.C10H13NO4S.C10H14O2S.C8H18O2S.C5H9F3O2S.C5H12O2S/c1-14(2,3)17(15,16)13-9-8-11-6-4-5-7-12(11)10-13;1-12(2,3)16(13,14)9-10-5-7-11(15-4)8-6-10;1-9-5-7-10(8-6-9)14(12,13)11(2,3)4;1-11(2,3)14(12,13)9-10-7-5-4-6-8-10;1-10(2,3)16(14,15)9-6-4-8(5-7-9)11(12)13;1-10(2,3)13(11,12)9-7-5-4-6-8-9;1-5-6-7-11(9,10)8(2,3)4;1-4(2,3)11(9,10)5(6,7)8;1-5(2,3)8(4,6)7/h4-10H,1-3H3;5-8H,9H2,1-4H3;5-8H,1-4H3;4-8H,9H2,1-3H3;4-7H,1-3H3;4-8H,1-3H3;5-7H2,1-4H3;1-3H3;1-4H3. The molecule has 0 aliphatic rings.